The van der Waals surface area contributed by atoms with E-state index in [1.54, 1.807) is 0 Å². The van der Waals surface area contributed by atoms with Gasteiger partial charge in [-0.15, -0.1) is 0 Å². The van der Waals surface area contributed by atoms with Crippen LogP contribution in [-0.4, -0.2) is 18.2 Å². The summed E-state index contributed by atoms with van der Waals surface area (Å²) in [5, 5.41) is 9.66. The molecule has 0 aliphatic carbocycles. The van der Waals surface area contributed by atoms with Crippen LogP contribution in [0.4, 0.5) is 13.2 Å². The third-order valence-corrected chi connectivity index (χ3v) is 2.40. The summed E-state index contributed by atoms with van der Waals surface area (Å²) >= 11 is 0. The third kappa shape index (κ3) is 2.76. The first kappa shape index (κ1) is 13.5. The molecule has 17 heavy (non-hydrogen) atoms. The number of carbonyl (C=O) groups excluding carboxylic acids is 1. The molecular weight excluding hydrogens is 237 g/mol. The van der Waals surface area contributed by atoms with Crippen LogP contribution in [-0.2, 0) is 9.53 Å². The number of methoxy groups -OCH3 is 1. The highest BCUT2D eigenvalue weighted by Crippen LogP contribution is 2.26. The number of aliphatic hydroxyl groups excluding tert-OH is 1. The summed E-state index contributed by atoms with van der Waals surface area (Å²) in [7, 11) is 1.10. The zero-order valence-electron chi connectivity index (χ0n) is 9.21. The maximum Gasteiger partial charge on any atom is 0.311 e. The summed E-state index contributed by atoms with van der Waals surface area (Å²) in [6, 6.07) is 0.840. The monoisotopic (exact) mass is 248 g/mol. The first-order chi connectivity index (χ1) is 7.88. The molecule has 1 aromatic carbocycles. The molecule has 0 bridgehead atoms. The van der Waals surface area contributed by atoms with E-state index in [1.807, 2.05) is 0 Å². The Morgan fingerprint density at radius 3 is 2.29 bits per heavy atom. The second-order valence-electron chi connectivity index (χ2n) is 3.54. The van der Waals surface area contributed by atoms with Gasteiger partial charge in [-0.2, -0.15) is 0 Å². The van der Waals surface area contributed by atoms with Gasteiger partial charge in [-0.3, -0.25) is 4.79 Å². The van der Waals surface area contributed by atoms with Crippen LogP contribution < -0.4 is 0 Å². The van der Waals surface area contributed by atoms with E-state index >= 15 is 0 Å². The number of carbonyl (C=O) groups is 1. The molecule has 3 nitrogen and oxygen atoms in total. The van der Waals surface area contributed by atoms with Gasteiger partial charge in [0.05, 0.1) is 19.1 Å². The van der Waals surface area contributed by atoms with E-state index in [9.17, 15) is 23.1 Å². The van der Waals surface area contributed by atoms with Crippen molar-refractivity contribution in [2.75, 3.05) is 7.11 Å². The maximum absolute atomic E-state index is 13.3. The Morgan fingerprint density at radius 2 is 1.76 bits per heavy atom. The van der Waals surface area contributed by atoms with Gasteiger partial charge in [-0.1, -0.05) is 0 Å². The molecular formula is C11H11F3O3. The van der Waals surface area contributed by atoms with E-state index < -0.39 is 41.0 Å². The lowest BCUT2D eigenvalue weighted by atomic mass is 9.97. The fourth-order valence-corrected chi connectivity index (χ4v) is 1.35. The average molecular weight is 248 g/mol. The summed E-state index contributed by atoms with van der Waals surface area (Å²) in [6.45, 7) is 1.29. The standard InChI is InChI=1S/C11H11F3O3/c1-5(11(16)17-2)10(15)6-3-8(13)9(14)4-7(6)12/h3-5,10,15H,1-2H3. The minimum absolute atomic E-state index is 0.317. The lowest BCUT2D eigenvalue weighted by Crippen LogP contribution is -2.21. The molecule has 1 N–H and O–H groups in total. The Labute approximate surface area is 95.8 Å². The van der Waals surface area contributed by atoms with E-state index in [-0.39, 0.29) is 0 Å². The van der Waals surface area contributed by atoms with E-state index in [4.69, 9.17) is 0 Å². The summed E-state index contributed by atoms with van der Waals surface area (Å²) < 4.78 is 43.2. The second-order valence-corrected chi connectivity index (χ2v) is 3.54. The van der Waals surface area contributed by atoms with E-state index in [0.717, 1.165) is 7.11 Å². The average Bonchev–Trinajstić information content (AvgIpc) is 2.31. The fourth-order valence-electron chi connectivity index (χ4n) is 1.35. The highest BCUT2D eigenvalue weighted by Gasteiger charge is 2.27. The van der Waals surface area contributed by atoms with Crippen molar-refractivity contribution < 1.29 is 27.8 Å². The van der Waals surface area contributed by atoms with E-state index in [2.05, 4.69) is 4.74 Å². The molecule has 2 atom stereocenters. The predicted molar refractivity (Wildman–Crippen MR) is 52.5 cm³/mol. The Morgan fingerprint density at radius 1 is 1.24 bits per heavy atom. The minimum atomic E-state index is -1.60. The quantitative estimate of drug-likeness (QED) is 0.657. The number of benzene rings is 1. The van der Waals surface area contributed by atoms with Crippen LogP contribution in [0, 0.1) is 23.4 Å². The van der Waals surface area contributed by atoms with Gasteiger partial charge in [-0.25, -0.2) is 13.2 Å². The zero-order valence-corrected chi connectivity index (χ0v) is 9.21. The van der Waals surface area contributed by atoms with Gasteiger partial charge < -0.3 is 9.84 Å². The Hall–Kier alpha value is -1.56. The lowest BCUT2D eigenvalue weighted by molar-refractivity contribution is -0.148. The maximum atomic E-state index is 13.3. The smallest absolute Gasteiger partial charge is 0.311 e. The van der Waals surface area contributed by atoms with Crippen LogP contribution in [0.25, 0.3) is 0 Å². The van der Waals surface area contributed by atoms with Gasteiger partial charge in [0.25, 0.3) is 0 Å². The van der Waals surface area contributed by atoms with Gasteiger partial charge >= 0.3 is 5.97 Å². The Kier molecular flexibility index (Phi) is 4.11. The molecule has 94 valence electrons. The Balaban J connectivity index is 3.08. The number of halogens is 3. The summed E-state index contributed by atoms with van der Waals surface area (Å²) in [5.74, 6) is -5.63. The first-order valence-electron chi connectivity index (χ1n) is 4.78. The molecule has 0 amide bonds. The number of hydrogen-bond acceptors (Lipinski definition) is 3. The van der Waals surface area contributed by atoms with Gasteiger partial charge in [0.1, 0.15) is 5.82 Å². The van der Waals surface area contributed by atoms with Crippen molar-refractivity contribution in [2.24, 2.45) is 5.92 Å². The van der Waals surface area contributed by atoms with Crippen molar-refractivity contribution in [3.8, 4) is 0 Å². The molecule has 0 aliphatic heterocycles. The predicted octanol–water partition coefficient (Wildman–Crippen LogP) is 1.95. The van der Waals surface area contributed by atoms with E-state index in [1.165, 1.54) is 6.92 Å². The highest BCUT2D eigenvalue weighted by molar-refractivity contribution is 5.72. The largest absolute Gasteiger partial charge is 0.469 e. The summed E-state index contributed by atoms with van der Waals surface area (Å²) in [5.41, 5.74) is -0.484. The molecule has 0 fully saturated rings. The number of esters is 1. The van der Waals surface area contributed by atoms with Crippen LogP contribution in [0.15, 0.2) is 12.1 Å². The molecule has 0 aliphatic rings. The third-order valence-electron chi connectivity index (χ3n) is 2.40. The van der Waals surface area contributed by atoms with Crippen molar-refractivity contribution in [2.45, 2.75) is 13.0 Å². The molecule has 0 saturated carbocycles. The van der Waals surface area contributed by atoms with E-state index in [0.29, 0.717) is 12.1 Å². The molecule has 0 heterocycles. The first-order valence-corrected chi connectivity index (χ1v) is 4.78. The molecule has 2 unspecified atom stereocenters. The van der Waals surface area contributed by atoms with Crippen LogP contribution in [0.1, 0.15) is 18.6 Å². The van der Waals surface area contributed by atoms with Crippen molar-refractivity contribution >= 4 is 5.97 Å². The number of hydrogen-bond donors (Lipinski definition) is 1. The van der Waals surface area contributed by atoms with Crippen LogP contribution >= 0.6 is 0 Å². The van der Waals surface area contributed by atoms with Gasteiger partial charge in [0, 0.05) is 11.6 Å². The molecule has 0 aromatic heterocycles. The van der Waals surface area contributed by atoms with Crippen molar-refractivity contribution in [3.05, 3.63) is 35.1 Å². The number of ether oxygens (including phenoxy) is 1. The molecule has 0 saturated heterocycles. The second kappa shape index (κ2) is 5.18. The zero-order chi connectivity index (χ0) is 13.2. The van der Waals surface area contributed by atoms with Gasteiger partial charge in [-0.05, 0) is 13.0 Å². The van der Waals surface area contributed by atoms with Gasteiger partial charge in [0.15, 0.2) is 11.6 Å². The molecule has 1 aromatic rings. The lowest BCUT2D eigenvalue weighted by Gasteiger charge is -2.17. The molecule has 0 radical (unpaired) electrons. The molecule has 6 heteroatoms. The van der Waals surface area contributed by atoms with Crippen LogP contribution in [0.2, 0.25) is 0 Å². The molecule has 0 spiro atoms. The highest BCUT2D eigenvalue weighted by atomic mass is 19.2. The van der Waals surface area contributed by atoms with Crippen LogP contribution in [0.3, 0.4) is 0 Å². The SMILES string of the molecule is COC(=O)C(C)C(O)c1cc(F)c(F)cc1F. The van der Waals surface area contributed by atoms with Crippen LogP contribution in [0.5, 0.6) is 0 Å². The Bertz CT molecular complexity index is 434. The van der Waals surface area contributed by atoms with Crippen molar-refractivity contribution in [3.63, 3.8) is 0 Å². The summed E-state index contributed by atoms with van der Waals surface area (Å²) in [6.07, 6.45) is -1.60. The topological polar surface area (TPSA) is 46.5 Å². The van der Waals surface area contributed by atoms with Gasteiger partial charge in [0.2, 0.25) is 0 Å². The van der Waals surface area contributed by atoms with Crippen molar-refractivity contribution in [1.82, 2.24) is 0 Å². The minimum Gasteiger partial charge on any atom is -0.469 e. The number of rotatable bonds is 3. The fraction of sp³-hybridized carbons (Fsp3) is 0.364. The van der Waals surface area contributed by atoms with Crippen molar-refractivity contribution in [1.29, 1.82) is 0 Å². The number of aliphatic hydroxyl groups is 1. The normalized spacial score (nSPS) is 14.2. The molecule has 1 rings (SSSR count). The summed E-state index contributed by atoms with van der Waals surface area (Å²) in [4.78, 5) is 11.1.